The third-order valence-corrected chi connectivity index (χ3v) is 8.26. The molecule has 1 heterocycles. The third-order valence-electron chi connectivity index (χ3n) is 5.39. The average molecular weight is 607 g/mol. The standard InChI is InChI=1S/C24H21Br2N3O4S/c1-15(30)29-23(17-5-10-20(33-2)11-6-17)14-22(27-29)16-3-8-19(9-4-16)28-34(31,32)24-13-18(25)7-12-21(24)26/h3-13,23,28H,14H2,1-2H3. The molecule has 1 amide bonds. The topological polar surface area (TPSA) is 88.1 Å². The van der Waals surface area contributed by atoms with Gasteiger partial charge in [-0.1, -0.05) is 40.2 Å². The fourth-order valence-electron chi connectivity index (χ4n) is 3.68. The van der Waals surface area contributed by atoms with E-state index in [-0.39, 0.29) is 16.8 Å². The lowest BCUT2D eigenvalue weighted by molar-refractivity contribution is -0.130. The van der Waals surface area contributed by atoms with Gasteiger partial charge in [0, 0.05) is 28.0 Å². The van der Waals surface area contributed by atoms with E-state index < -0.39 is 10.0 Å². The first kappa shape index (κ1) is 24.4. The Morgan fingerprint density at radius 2 is 1.74 bits per heavy atom. The molecule has 3 aromatic carbocycles. The predicted molar refractivity (Wildman–Crippen MR) is 139 cm³/mol. The SMILES string of the molecule is COc1ccc(C2CC(c3ccc(NS(=O)(=O)c4cc(Br)ccc4Br)cc3)=NN2C(C)=O)cc1. The number of amides is 1. The molecule has 4 rings (SSSR count). The lowest BCUT2D eigenvalue weighted by atomic mass is 9.98. The van der Waals surface area contributed by atoms with Gasteiger partial charge in [0.05, 0.1) is 18.9 Å². The summed E-state index contributed by atoms with van der Waals surface area (Å²) in [6.07, 6.45) is 0.544. The maximum absolute atomic E-state index is 12.8. The Hall–Kier alpha value is -2.69. The van der Waals surface area contributed by atoms with Gasteiger partial charge < -0.3 is 4.74 Å². The van der Waals surface area contributed by atoms with Crippen molar-refractivity contribution in [2.75, 3.05) is 11.8 Å². The first-order valence-corrected chi connectivity index (χ1v) is 13.3. The van der Waals surface area contributed by atoms with E-state index >= 15 is 0 Å². The number of hydrogen-bond acceptors (Lipinski definition) is 5. The largest absolute Gasteiger partial charge is 0.497 e. The van der Waals surface area contributed by atoms with Gasteiger partial charge in [-0.25, -0.2) is 13.4 Å². The minimum Gasteiger partial charge on any atom is -0.497 e. The van der Waals surface area contributed by atoms with Gasteiger partial charge in [-0.15, -0.1) is 0 Å². The summed E-state index contributed by atoms with van der Waals surface area (Å²) in [6, 6.07) is 19.2. The second-order valence-electron chi connectivity index (χ2n) is 7.66. The summed E-state index contributed by atoms with van der Waals surface area (Å²) >= 11 is 6.60. The molecule has 1 N–H and O–H groups in total. The van der Waals surface area contributed by atoms with Crippen molar-refractivity contribution in [1.82, 2.24) is 5.01 Å². The highest BCUT2D eigenvalue weighted by Crippen LogP contribution is 2.34. The van der Waals surface area contributed by atoms with Crippen LogP contribution in [0.4, 0.5) is 5.69 Å². The van der Waals surface area contributed by atoms with E-state index in [4.69, 9.17) is 4.74 Å². The minimum absolute atomic E-state index is 0.130. The van der Waals surface area contributed by atoms with Crippen molar-refractivity contribution in [3.05, 3.63) is 86.8 Å². The van der Waals surface area contributed by atoms with Crippen molar-refractivity contribution in [2.45, 2.75) is 24.3 Å². The molecule has 0 aromatic heterocycles. The number of benzene rings is 3. The molecular weight excluding hydrogens is 586 g/mol. The normalized spacial score (nSPS) is 15.7. The van der Waals surface area contributed by atoms with Crippen molar-refractivity contribution in [1.29, 1.82) is 0 Å². The van der Waals surface area contributed by atoms with Crippen molar-refractivity contribution >= 4 is 59.2 Å². The smallest absolute Gasteiger partial charge is 0.263 e. The Labute approximate surface area is 215 Å². The number of rotatable bonds is 6. The van der Waals surface area contributed by atoms with Gasteiger partial charge in [-0.2, -0.15) is 5.10 Å². The summed E-state index contributed by atoms with van der Waals surface area (Å²) < 4.78 is 34.6. The molecule has 1 atom stereocenters. The molecule has 0 aliphatic carbocycles. The van der Waals surface area contributed by atoms with Crippen LogP contribution >= 0.6 is 31.9 Å². The molecule has 34 heavy (non-hydrogen) atoms. The number of anilines is 1. The van der Waals surface area contributed by atoms with E-state index in [1.54, 1.807) is 43.5 Å². The Morgan fingerprint density at radius 1 is 1.06 bits per heavy atom. The lowest BCUT2D eigenvalue weighted by Crippen LogP contribution is -2.24. The minimum atomic E-state index is -3.79. The summed E-state index contributed by atoms with van der Waals surface area (Å²) in [6.45, 7) is 1.49. The van der Waals surface area contributed by atoms with Gasteiger partial charge >= 0.3 is 0 Å². The number of carbonyl (C=O) groups excluding carboxylic acids is 1. The Balaban J connectivity index is 1.54. The number of carbonyl (C=O) groups is 1. The summed E-state index contributed by atoms with van der Waals surface area (Å²) in [5.74, 6) is 0.588. The summed E-state index contributed by atoms with van der Waals surface area (Å²) in [5.41, 5.74) is 2.94. The van der Waals surface area contributed by atoms with E-state index in [0.29, 0.717) is 21.1 Å². The number of sulfonamides is 1. The van der Waals surface area contributed by atoms with Gasteiger partial charge in [0.15, 0.2) is 0 Å². The van der Waals surface area contributed by atoms with Crippen LogP contribution in [0.15, 0.2) is 85.7 Å². The first-order chi connectivity index (χ1) is 16.2. The van der Waals surface area contributed by atoms with E-state index in [9.17, 15) is 13.2 Å². The van der Waals surface area contributed by atoms with Crippen LogP contribution in [0.5, 0.6) is 5.75 Å². The zero-order valence-electron chi connectivity index (χ0n) is 18.3. The van der Waals surface area contributed by atoms with Crippen molar-refractivity contribution < 1.29 is 17.9 Å². The molecule has 1 aliphatic rings. The van der Waals surface area contributed by atoms with Crippen LogP contribution in [-0.2, 0) is 14.8 Å². The van der Waals surface area contributed by atoms with Crippen LogP contribution in [0.3, 0.4) is 0 Å². The van der Waals surface area contributed by atoms with Crippen LogP contribution in [0, 0.1) is 0 Å². The lowest BCUT2D eigenvalue weighted by Gasteiger charge is -2.20. The monoisotopic (exact) mass is 605 g/mol. The molecule has 0 fully saturated rings. The van der Waals surface area contributed by atoms with E-state index in [2.05, 4.69) is 41.7 Å². The molecular formula is C24H21Br2N3O4S. The highest BCUT2D eigenvalue weighted by Gasteiger charge is 2.31. The average Bonchev–Trinajstić information content (AvgIpc) is 3.27. The summed E-state index contributed by atoms with van der Waals surface area (Å²) in [5, 5.41) is 6.04. The number of halogens is 2. The van der Waals surface area contributed by atoms with Crippen LogP contribution in [0.2, 0.25) is 0 Å². The zero-order valence-corrected chi connectivity index (χ0v) is 22.3. The molecule has 10 heteroatoms. The van der Waals surface area contributed by atoms with E-state index in [1.165, 1.54) is 18.0 Å². The number of hydrogen-bond donors (Lipinski definition) is 1. The summed E-state index contributed by atoms with van der Waals surface area (Å²) in [4.78, 5) is 12.4. The van der Waals surface area contributed by atoms with E-state index in [1.807, 2.05) is 24.3 Å². The highest BCUT2D eigenvalue weighted by atomic mass is 79.9. The van der Waals surface area contributed by atoms with Crippen LogP contribution in [-0.4, -0.2) is 32.2 Å². The molecule has 0 spiro atoms. The van der Waals surface area contributed by atoms with E-state index in [0.717, 1.165) is 22.6 Å². The molecule has 3 aromatic rings. The highest BCUT2D eigenvalue weighted by molar-refractivity contribution is 9.11. The van der Waals surface area contributed by atoms with Crippen LogP contribution in [0.1, 0.15) is 30.5 Å². The maximum Gasteiger partial charge on any atom is 0.263 e. The Morgan fingerprint density at radius 3 is 2.35 bits per heavy atom. The molecule has 0 saturated heterocycles. The van der Waals surface area contributed by atoms with Crippen LogP contribution < -0.4 is 9.46 Å². The fraction of sp³-hybridized carbons (Fsp3) is 0.167. The molecule has 1 unspecified atom stereocenters. The molecule has 176 valence electrons. The number of ether oxygens (including phenoxy) is 1. The third kappa shape index (κ3) is 5.18. The van der Waals surface area contributed by atoms with Gasteiger partial charge in [-0.3, -0.25) is 9.52 Å². The van der Waals surface area contributed by atoms with Crippen molar-refractivity contribution in [2.24, 2.45) is 5.10 Å². The van der Waals surface area contributed by atoms with Gasteiger partial charge in [0.25, 0.3) is 10.0 Å². The Kier molecular flexibility index (Phi) is 7.11. The second kappa shape index (κ2) is 9.89. The summed E-state index contributed by atoms with van der Waals surface area (Å²) in [7, 11) is -2.18. The second-order valence-corrected chi connectivity index (χ2v) is 11.1. The molecule has 1 aliphatic heterocycles. The van der Waals surface area contributed by atoms with Crippen LogP contribution in [0.25, 0.3) is 0 Å². The zero-order chi connectivity index (χ0) is 24.5. The molecule has 0 radical (unpaired) electrons. The maximum atomic E-state index is 12.8. The number of nitrogens with zero attached hydrogens (tertiary/aromatic N) is 2. The number of hydrazone groups is 1. The number of nitrogens with one attached hydrogen (secondary N) is 1. The Bertz CT molecular complexity index is 1360. The molecule has 7 nitrogen and oxygen atoms in total. The molecule has 0 bridgehead atoms. The van der Waals surface area contributed by atoms with Gasteiger partial charge in [-0.05, 0) is 69.5 Å². The van der Waals surface area contributed by atoms with Crippen molar-refractivity contribution in [3.63, 3.8) is 0 Å². The predicted octanol–water partition coefficient (Wildman–Crippen LogP) is 5.72. The fourth-order valence-corrected chi connectivity index (χ4v) is 6.25. The number of methoxy groups -OCH3 is 1. The quantitative estimate of drug-likeness (QED) is 0.389. The first-order valence-electron chi connectivity index (χ1n) is 10.3. The van der Waals surface area contributed by atoms with Gasteiger partial charge in [0.1, 0.15) is 10.6 Å². The van der Waals surface area contributed by atoms with Gasteiger partial charge in [0.2, 0.25) is 5.91 Å². The van der Waals surface area contributed by atoms with Crippen molar-refractivity contribution in [3.8, 4) is 5.75 Å². The molecule has 0 saturated carbocycles.